The fourth-order valence-electron chi connectivity index (χ4n) is 3.53. The van der Waals surface area contributed by atoms with Gasteiger partial charge in [0.1, 0.15) is 5.82 Å². The number of ether oxygens (including phenoxy) is 1. The number of rotatable bonds is 2. The average Bonchev–Trinajstić information content (AvgIpc) is 2.40. The van der Waals surface area contributed by atoms with Gasteiger partial charge in [-0.25, -0.2) is 4.39 Å². The molecule has 2 fully saturated rings. The van der Waals surface area contributed by atoms with Crippen LogP contribution in [0.25, 0.3) is 0 Å². The predicted octanol–water partition coefficient (Wildman–Crippen LogP) is 3.34. The van der Waals surface area contributed by atoms with Gasteiger partial charge >= 0.3 is 0 Å². The van der Waals surface area contributed by atoms with Crippen molar-refractivity contribution in [2.75, 3.05) is 19.7 Å². The van der Waals surface area contributed by atoms with Crippen molar-refractivity contribution in [2.24, 2.45) is 5.92 Å². The molecule has 2 saturated heterocycles. The molecule has 1 N–H and O–H groups in total. The highest BCUT2D eigenvalue weighted by Crippen LogP contribution is 2.37. The summed E-state index contributed by atoms with van der Waals surface area (Å²) in [7, 11) is 0. The number of hydrogen-bond acceptors (Lipinski definition) is 2. The van der Waals surface area contributed by atoms with Crippen LogP contribution in [0.3, 0.4) is 0 Å². The van der Waals surface area contributed by atoms with E-state index in [4.69, 9.17) is 4.74 Å². The standard InChI is InChI=1S/C16H22FNO.ClH/c17-15-3-1-2-13(11-15)10-14-4-9-19-16(12-14)5-7-18-8-6-16;/h1-3,11,14,18H,4-10,12H2;1H. The highest BCUT2D eigenvalue weighted by molar-refractivity contribution is 5.85. The van der Waals surface area contributed by atoms with Gasteiger partial charge in [0, 0.05) is 6.61 Å². The molecular formula is C16H23ClFNO. The van der Waals surface area contributed by atoms with Crippen molar-refractivity contribution in [1.29, 1.82) is 0 Å². The third-order valence-electron chi connectivity index (χ3n) is 4.52. The molecule has 1 aromatic carbocycles. The number of benzene rings is 1. The minimum atomic E-state index is -0.124. The minimum absolute atomic E-state index is 0. The van der Waals surface area contributed by atoms with Gasteiger partial charge in [0.2, 0.25) is 0 Å². The average molecular weight is 300 g/mol. The quantitative estimate of drug-likeness (QED) is 0.904. The Bertz CT molecular complexity index is 429. The van der Waals surface area contributed by atoms with Crippen molar-refractivity contribution in [2.45, 2.75) is 37.7 Å². The highest BCUT2D eigenvalue weighted by atomic mass is 35.5. The summed E-state index contributed by atoms with van der Waals surface area (Å²) in [5, 5.41) is 3.40. The van der Waals surface area contributed by atoms with Crippen molar-refractivity contribution in [1.82, 2.24) is 5.32 Å². The molecule has 0 saturated carbocycles. The van der Waals surface area contributed by atoms with Gasteiger partial charge < -0.3 is 10.1 Å². The molecular weight excluding hydrogens is 277 g/mol. The number of nitrogens with one attached hydrogen (secondary N) is 1. The first-order valence-corrected chi connectivity index (χ1v) is 7.35. The second-order valence-electron chi connectivity index (χ2n) is 5.97. The first kappa shape index (κ1) is 15.7. The van der Waals surface area contributed by atoms with E-state index >= 15 is 0 Å². The lowest BCUT2D eigenvalue weighted by atomic mass is 9.78. The van der Waals surface area contributed by atoms with Gasteiger partial charge in [-0.1, -0.05) is 12.1 Å². The van der Waals surface area contributed by atoms with Crippen LogP contribution < -0.4 is 5.32 Å². The number of piperidine rings is 1. The van der Waals surface area contributed by atoms with Crippen molar-refractivity contribution in [3.05, 3.63) is 35.6 Å². The monoisotopic (exact) mass is 299 g/mol. The Hall–Kier alpha value is -0.640. The van der Waals surface area contributed by atoms with E-state index in [0.29, 0.717) is 5.92 Å². The van der Waals surface area contributed by atoms with E-state index in [0.717, 1.165) is 57.4 Å². The molecule has 20 heavy (non-hydrogen) atoms. The van der Waals surface area contributed by atoms with E-state index in [1.807, 2.05) is 12.1 Å². The number of halogens is 2. The SMILES string of the molecule is Cl.Fc1cccc(CC2CCOC3(CCNCC3)C2)c1. The van der Waals surface area contributed by atoms with Crippen LogP contribution in [-0.4, -0.2) is 25.3 Å². The van der Waals surface area contributed by atoms with Gasteiger partial charge in [0.25, 0.3) is 0 Å². The third-order valence-corrected chi connectivity index (χ3v) is 4.52. The van der Waals surface area contributed by atoms with E-state index in [9.17, 15) is 4.39 Å². The van der Waals surface area contributed by atoms with Crippen molar-refractivity contribution in [3.63, 3.8) is 0 Å². The molecule has 2 aliphatic heterocycles. The molecule has 1 aromatic rings. The molecule has 3 rings (SSSR count). The third kappa shape index (κ3) is 3.72. The fraction of sp³-hybridized carbons (Fsp3) is 0.625. The van der Waals surface area contributed by atoms with E-state index in [1.54, 1.807) is 6.07 Å². The predicted molar refractivity (Wildman–Crippen MR) is 80.9 cm³/mol. The van der Waals surface area contributed by atoms with Gasteiger partial charge in [0.15, 0.2) is 0 Å². The Morgan fingerprint density at radius 2 is 2.10 bits per heavy atom. The topological polar surface area (TPSA) is 21.3 Å². The zero-order chi connectivity index (χ0) is 13.1. The van der Waals surface area contributed by atoms with Crippen molar-refractivity contribution >= 4 is 12.4 Å². The van der Waals surface area contributed by atoms with E-state index in [-0.39, 0.29) is 23.8 Å². The molecule has 1 unspecified atom stereocenters. The Balaban J connectivity index is 0.00000147. The molecule has 0 bridgehead atoms. The van der Waals surface area contributed by atoms with Gasteiger partial charge in [-0.05, 0) is 68.8 Å². The zero-order valence-electron chi connectivity index (χ0n) is 11.7. The molecule has 112 valence electrons. The Kier molecular flexibility index (Phi) is 5.42. The summed E-state index contributed by atoms with van der Waals surface area (Å²) in [6.45, 7) is 2.99. The Morgan fingerprint density at radius 1 is 1.30 bits per heavy atom. The van der Waals surface area contributed by atoms with E-state index < -0.39 is 0 Å². The summed E-state index contributed by atoms with van der Waals surface area (Å²) in [5.41, 5.74) is 1.22. The number of hydrogen-bond donors (Lipinski definition) is 1. The van der Waals surface area contributed by atoms with Gasteiger partial charge in [0.05, 0.1) is 5.60 Å². The lowest BCUT2D eigenvalue weighted by Crippen LogP contribution is -2.48. The first-order chi connectivity index (χ1) is 9.26. The molecule has 1 spiro atoms. The highest BCUT2D eigenvalue weighted by Gasteiger charge is 2.38. The molecule has 4 heteroatoms. The molecule has 0 amide bonds. The smallest absolute Gasteiger partial charge is 0.123 e. The maximum atomic E-state index is 13.2. The normalized spacial score (nSPS) is 25.1. The van der Waals surface area contributed by atoms with E-state index in [1.165, 1.54) is 6.07 Å². The second kappa shape index (κ2) is 6.88. The Labute approximate surface area is 126 Å². The maximum Gasteiger partial charge on any atom is 0.123 e. The summed E-state index contributed by atoms with van der Waals surface area (Å²) in [5.74, 6) is 0.509. The molecule has 1 atom stereocenters. The van der Waals surface area contributed by atoms with Gasteiger partial charge in [-0.3, -0.25) is 0 Å². The molecule has 2 heterocycles. The summed E-state index contributed by atoms with van der Waals surface area (Å²) < 4.78 is 19.3. The van der Waals surface area contributed by atoms with Crippen LogP contribution in [-0.2, 0) is 11.2 Å². The van der Waals surface area contributed by atoms with Crippen LogP contribution in [0.1, 0.15) is 31.2 Å². The van der Waals surface area contributed by atoms with Gasteiger partial charge in [-0.15, -0.1) is 12.4 Å². The maximum absolute atomic E-state index is 13.2. The van der Waals surface area contributed by atoms with Crippen molar-refractivity contribution < 1.29 is 9.13 Å². The molecule has 0 aromatic heterocycles. The first-order valence-electron chi connectivity index (χ1n) is 7.35. The molecule has 2 aliphatic rings. The second-order valence-corrected chi connectivity index (χ2v) is 5.97. The molecule has 0 aliphatic carbocycles. The summed E-state index contributed by atoms with van der Waals surface area (Å²) in [4.78, 5) is 0. The fourth-order valence-corrected chi connectivity index (χ4v) is 3.53. The summed E-state index contributed by atoms with van der Waals surface area (Å²) in [6, 6.07) is 7.03. The lowest BCUT2D eigenvalue weighted by Gasteiger charge is -2.43. The zero-order valence-corrected chi connectivity index (χ0v) is 12.6. The summed E-state index contributed by atoms with van der Waals surface area (Å²) >= 11 is 0. The lowest BCUT2D eigenvalue weighted by molar-refractivity contribution is -0.113. The van der Waals surface area contributed by atoms with Crippen LogP contribution in [0.5, 0.6) is 0 Å². The largest absolute Gasteiger partial charge is 0.375 e. The van der Waals surface area contributed by atoms with Gasteiger partial charge in [-0.2, -0.15) is 0 Å². The van der Waals surface area contributed by atoms with Crippen LogP contribution in [0.4, 0.5) is 4.39 Å². The Morgan fingerprint density at radius 3 is 2.85 bits per heavy atom. The van der Waals surface area contributed by atoms with Crippen LogP contribution in [0, 0.1) is 11.7 Å². The van der Waals surface area contributed by atoms with E-state index in [2.05, 4.69) is 5.32 Å². The molecule has 0 radical (unpaired) electrons. The van der Waals surface area contributed by atoms with Crippen LogP contribution >= 0.6 is 12.4 Å². The van der Waals surface area contributed by atoms with Crippen LogP contribution in [0.2, 0.25) is 0 Å². The van der Waals surface area contributed by atoms with Crippen LogP contribution in [0.15, 0.2) is 24.3 Å². The van der Waals surface area contributed by atoms with Crippen molar-refractivity contribution in [3.8, 4) is 0 Å². The molecule has 2 nitrogen and oxygen atoms in total. The summed E-state index contributed by atoms with van der Waals surface area (Å²) in [6.07, 6.45) is 5.45. The minimum Gasteiger partial charge on any atom is -0.375 e.